The van der Waals surface area contributed by atoms with E-state index in [1.165, 1.54) is 47.1 Å². The quantitative estimate of drug-likeness (QED) is 0.176. The van der Waals surface area contributed by atoms with Crippen LogP contribution in [0.1, 0.15) is 32.8 Å². The highest BCUT2D eigenvalue weighted by Crippen LogP contribution is 2.28. The van der Waals surface area contributed by atoms with Gasteiger partial charge in [0.15, 0.2) is 0 Å². The number of carboxylic acid groups (broad SMARTS) is 1. The first kappa shape index (κ1) is 32.4. The van der Waals surface area contributed by atoms with Crippen molar-refractivity contribution in [1.29, 1.82) is 0 Å². The average molecular weight is 637 g/mol. The van der Waals surface area contributed by atoms with Crippen LogP contribution in [0.2, 0.25) is 0 Å². The number of ether oxygens (including phenoxy) is 2. The first-order valence-corrected chi connectivity index (χ1v) is 12.9. The molecule has 45 heavy (non-hydrogen) atoms. The summed E-state index contributed by atoms with van der Waals surface area (Å²) in [5.41, 5.74) is 1.52. The molecule has 0 atom stereocenters. The second-order valence-corrected chi connectivity index (χ2v) is 9.27. The summed E-state index contributed by atoms with van der Waals surface area (Å²) in [6.45, 7) is -0.0663. The minimum Gasteiger partial charge on any atom is -0.481 e. The van der Waals surface area contributed by atoms with Crippen molar-refractivity contribution in [2.45, 2.75) is 25.7 Å². The normalized spacial score (nSPS) is 11.5. The average Bonchev–Trinajstić information content (AvgIpc) is 3.37. The summed E-state index contributed by atoms with van der Waals surface area (Å²) < 4.78 is 84.1. The van der Waals surface area contributed by atoms with E-state index in [0.717, 1.165) is 24.3 Å². The number of carboxylic acids is 1. The summed E-state index contributed by atoms with van der Waals surface area (Å²) in [6.07, 6.45) is -10.0. The predicted molar refractivity (Wildman–Crippen MR) is 146 cm³/mol. The van der Waals surface area contributed by atoms with Crippen molar-refractivity contribution < 1.29 is 55.3 Å². The van der Waals surface area contributed by atoms with Crippen LogP contribution in [0.25, 0.3) is 11.3 Å². The van der Waals surface area contributed by atoms with E-state index in [4.69, 9.17) is 5.11 Å². The number of hydrogen-bond acceptors (Lipinski definition) is 6. The molecule has 1 aromatic heterocycles. The first-order chi connectivity index (χ1) is 21.1. The molecule has 0 radical (unpaired) electrons. The maximum atomic E-state index is 13.3. The number of benzene rings is 3. The van der Waals surface area contributed by atoms with Crippen LogP contribution in [0.15, 0.2) is 78.9 Å². The van der Waals surface area contributed by atoms with Crippen molar-refractivity contribution in [3.8, 4) is 22.8 Å². The van der Waals surface area contributed by atoms with Gasteiger partial charge in [-0.05, 0) is 72.3 Å². The molecule has 1 heterocycles. The number of carbonyl (C=O) groups is 3. The zero-order valence-electron chi connectivity index (χ0n) is 22.8. The van der Waals surface area contributed by atoms with Gasteiger partial charge in [-0.3, -0.25) is 19.1 Å². The van der Waals surface area contributed by atoms with E-state index in [2.05, 4.69) is 25.2 Å². The van der Waals surface area contributed by atoms with Crippen molar-refractivity contribution in [2.24, 2.45) is 0 Å². The first-order valence-electron chi connectivity index (χ1n) is 12.9. The SMILES string of the molecule is O=C(O)CCNC(=O)c1ccc(Cn2nc(-c3ccc(OC(F)(F)F)cc3)cc2C(=O)Nc2ccc(OC(F)(F)F)cc2)cc1. The van der Waals surface area contributed by atoms with Crippen LogP contribution < -0.4 is 20.1 Å². The molecule has 0 saturated heterocycles. The van der Waals surface area contributed by atoms with Crippen LogP contribution >= 0.6 is 0 Å². The summed E-state index contributed by atoms with van der Waals surface area (Å²) in [5.74, 6) is -3.22. The molecule has 2 amide bonds. The number of alkyl halides is 6. The van der Waals surface area contributed by atoms with Crippen LogP contribution in [0, 0.1) is 0 Å². The number of carbonyl (C=O) groups excluding carboxylic acids is 2. The van der Waals surface area contributed by atoms with Gasteiger partial charge in [0.2, 0.25) is 0 Å². The Morgan fingerprint density at radius 2 is 1.33 bits per heavy atom. The highest BCUT2D eigenvalue weighted by atomic mass is 19.4. The largest absolute Gasteiger partial charge is 0.573 e. The van der Waals surface area contributed by atoms with Crippen LogP contribution in [0.4, 0.5) is 32.0 Å². The summed E-state index contributed by atoms with van der Waals surface area (Å²) in [5, 5.41) is 18.2. The molecule has 0 aliphatic carbocycles. The molecule has 0 unspecified atom stereocenters. The van der Waals surface area contributed by atoms with Crippen LogP contribution in [0.3, 0.4) is 0 Å². The number of hydrogen-bond donors (Lipinski definition) is 3. The van der Waals surface area contributed by atoms with Gasteiger partial charge in [0.05, 0.1) is 18.7 Å². The number of nitrogens with zero attached hydrogens (tertiary/aromatic N) is 2. The third-order valence-electron chi connectivity index (χ3n) is 5.91. The lowest BCUT2D eigenvalue weighted by Gasteiger charge is -2.11. The smallest absolute Gasteiger partial charge is 0.481 e. The molecule has 0 fully saturated rings. The molecule has 0 spiro atoms. The molecule has 3 aromatic carbocycles. The second kappa shape index (κ2) is 13.4. The Bertz CT molecular complexity index is 1650. The molecule has 0 aliphatic rings. The van der Waals surface area contributed by atoms with Gasteiger partial charge in [-0.2, -0.15) is 5.10 Å². The third kappa shape index (κ3) is 9.74. The predicted octanol–water partition coefficient (Wildman–Crippen LogP) is 5.85. The monoisotopic (exact) mass is 636 g/mol. The number of halogens is 6. The van der Waals surface area contributed by atoms with E-state index in [0.29, 0.717) is 11.1 Å². The zero-order valence-corrected chi connectivity index (χ0v) is 22.8. The molecule has 16 heteroatoms. The van der Waals surface area contributed by atoms with E-state index < -0.39 is 42.0 Å². The Balaban J connectivity index is 1.57. The standard InChI is InChI=1S/C29H22F6N4O6/c30-28(31,32)44-21-9-5-18(6-10-21)23-15-24(27(43)37-20-7-11-22(12-8-20)45-29(33,34)35)39(38-23)16-17-1-3-19(4-2-17)26(42)36-14-13-25(40)41/h1-12,15H,13-14,16H2,(H,36,42)(H,37,43)(H,40,41). The fraction of sp³-hybridized carbons (Fsp3) is 0.172. The lowest BCUT2D eigenvalue weighted by molar-refractivity contribution is -0.275. The summed E-state index contributed by atoms with van der Waals surface area (Å²) >= 11 is 0. The highest BCUT2D eigenvalue weighted by Gasteiger charge is 2.32. The minimum absolute atomic E-state index is 0.00268. The second-order valence-electron chi connectivity index (χ2n) is 9.27. The van der Waals surface area contributed by atoms with Crippen molar-refractivity contribution >= 4 is 23.5 Å². The van der Waals surface area contributed by atoms with Crippen LogP contribution in [0.5, 0.6) is 11.5 Å². The van der Waals surface area contributed by atoms with Crippen molar-refractivity contribution in [3.05, 3.63) is 95.7 Å². The summed E-state index contributed by atoms with van der Waals surface area (Å²) in [6, 6.07) is 16.7. The Morgan fingerprint density at radius 3 is 1.87 bits per heavy atom. The van der Waals surface area contributed by atoms with E-state index in [9.17, 15) is 40.7 Å². The fourth-order valence-electron chi connectivity index (χ4n) is 3.94. The molecule has 0 aliphatic heterocycles. The molecule has 4 rings (SSSR count). The number of rotatable bonds is 11. The van der Waals surface area contributed by atoms with Crippen LogP contribution in [-0.2, 0) is 11.3 Å². The fourth-order valence-corrected chi connectivity index (χ4v) is 3.94. The Labute approximate surface area is 250 Å². The van der Waals surface area contributed by atoms with Gasteiger partial charge in [-0.15, -0.1) is 26.3 Å². The Kier molecular flexibility index (Phi) is 9.64. The van der Waals surface area contributed by atoms with Crippen molar-refractivity contribution in [3.63, 3.8) is 0 Å². The maximum Gasteiger partial charge on any atom is 0.573 e. The topological polar surface area (TPSA) is 132 Å². The Hall–Kier alpha value is -5.54. The van der Waals surface area contributed by atoms with Gasteiger partial charge >= 0.3 is 18.7 Å². The number of nitrogens with one attached hydrogen (secondary N) is 2. The number of aromatic nitrogens is 2. The molecule has 0 saturated carbocycles. The number of amides is 2. The summed E-state index contributed by atoms with van der Waals surface area (Å²) in [7, 11) is 0. The Morgan fingerprint density at radius 1 is 0.778 bits per heavy atom. The zero-order chi connectivity index (χ0) is 32.8. The summed E-state index contributed by atoms with van der Waals surface area (Å²) in [4.78, 5) is 36.2. The molecular formula is C29H22F6N4O6. The number of anilines is 1. The van der Waals surface area contributed by atoms with Crippen molar-refractivity contribution in [2.75, 3.05) is 11.9 Å². The minimum atomic E-state index is -4.90. The molecule has 0 bridgehead atoms. The van der Waals surface area contributed by atoms with E-state index in [1.807, 2.05) is 0 Å². The maximum absolute atomic E-state index is 13.3. The van der Waals surface area contributed by atoms with Crippen LogP contribution in [-0.4, -0.2) is 51.9 Å². The molecule has 10 nitrogen and oxygen atoms in total. The van der Waals surface area contributed by atoms with E-state index in [1.54, 1.807) is 12.1 Å². The van der Waals surface area contributed by atoms with Gasteiger partial charge in [-0.25, -0.2) is 0 Å². The number of aliphatic carboxylic acids is 1. The van der Waals surface area contributed by atoms with Gasteiger partial charge in [0.1, 0.15) is 17.2 Å². The highest BCUT2D eigenvalue weighted by molar-refractivity contribution is 6.03. The van der Waals surface area contributed by atoms with E-state index >= 15 is 0 Å². The molecular weight excluding hydrogens is 614 g/mol. The molecule has 4 aromatic rings. The van der Waals surface area contributed by atoms with E-state index in [-0.39, 0.29) is 42.1 Å². The van der Waals surface area contributed by atoms with Crippen molar-refractivity contribution in [1.82, 2.24) is 15.1 Å². The van der Waals surface area contributed by atoms with Gasteiger partial charge < -0.3 is 25.2 Å². The van der Waals surface area contributed by atoms with Gasteiger partial charge in [0, 0.05) is 23.4 Å². The van der Waals surface area contributed by atoms with Gasteiger partial charge in [0.25, 0.3) is 11.8 Å². The molecule has 236 valence electrons. The lowest BCUT2D eigenvalue weighted by atomic mass is 10.1. The lowest BCUT2D eigenvalue weighted by Crippen LogP contribution is -2.26. The molecule has 3 N–H and O–H groups in total. The third-order valence-corrected chi connectivity index (χ3v) is 5.91. The van der Waals surface area contributed by atoms with Gasteiger partial charge in [-0.1, -0.05) is 12.1 Å².